The lowest BCUT2D eigenvalue weighted by atomic mass is 10.1. The highest BCUT2D eigenvalue weighted by Gasteiger charge is 2.23. The number of hydrogen-bond donors (Lipinski definition) is 2. The summed E-state index contributed by atoms with van der Waals surface area (Å²) in [5.74, 6) is -0.485. The number of amides is 3. The second-order valence-electron chi connectivity index (χ2n) is 7.68. The Balaban J connectivity index is 1.28. The van der Waals surface area contributed by atoms with Gasteiger partial charge in [0.25, 0.3) is 5.91 Å². The summed E-state index contributed by atoms with van der Waals surface area (Å²) in [7, 11) is 0. The predicted molar refractivity (Wildman–Crippen MR) is 115 cm³/mol. The number of anilines is 1. The molecule has 2 aromatic carbocycles. The molecule has 1 aliphatic rings. The number of rotatable bonds is 5. The normalized spacial score (nSPS) is 12.5. The molecule has 0 unspecified atom stereocenters. The first kappa shape index (κ1) is 20.6. The van der Waals surface area contributed by atoms with Crippen molar-refractivity contribution in [3.8, 4) is 0 Å². The first-order valence-electron chi connectivity index (χ1n) is 10.1. The van der Waals surface area contributed by atoms with Gasteiger partial charge in [0.15, 0.2) is 0 Å². The molecule has 0 bridgehead atoms. The van der Waals surface area contributed by atoms with Crippen molar-refractivity contribution in [2.45, 2.75) is 33.5 Å². The largest absolute Gasteiger partial charge is 0.350 e. The second-order valence-corrected chi connectivity index (χ2v) is 7.68. The summed E-state index contributed by atoms with van der Waals surface area (Å²) >= 11 is 0. The van der Waals surface area contributed by atoms with Gasteiger partial charge in [0.1, 0.15) is 5.82 Å². The van der Waals surface area contributed by atoms with Crippen LogP contribution in [0.4, 0.5) is 14.9 Å². The van der Waals surface area contributed by atoms with Gasteiger partial charge in [0, 0.05) is 36.6 Å². The third-order valence-electron chi connectivity index (χ3n) is 5.29. The molecule has 0 saturated carbocycles. The summed E-state index contributed by atoms with van der Waals surface area (Å²) < 4.78 is 15.2. The highest BCUT2D eigenvalue weighted by atomic mass is 19.1. The van der Waals surface area contributed by atoms with E-state index in [4.69, 9.17) is 0 Å². The van der Waals surface area contributed by atoms with E-state index in [9.17, 15) is 14.0 Å². The fourth-order valence-electron chi connectivity index (χ4n) is 3.69. The van der Waals surface area contributed by atoms with Crippen molar-refractivity contribution in [3.63, 3.8) is 0 Å². The van der Waals surface area contributed by atoms with Crippen LogP contribution in [0.2, 0.25) is 0 Å². The average Bonchev–Trinajstić information content (AvgIpc) is 3.30. The van der Waals surface area contributed by atoms with Crippen LogP contribution in [0.3, 0.4) is 0 Å². The van der Waals surface area contributed by atoms with Crippen molar-refractivity contribution in [1.82, 2.24) is 20.0 Å². The number of urea groups is 1. The van der Waals surface area contributed by atoms with E-state index in [1.807, 2.05) is 24.6 Å². The standard InChI is InChI=1S/C23H24FN5O2/c1-15-11-16(2)29(27-15)10-9-25-22(30)17-4-7-21(8-5-17)26-23(31)28-13-18-3-6-20(24)12-19(18)14-28/h3-8,11-12H,9-10,13-14H2,1-2H3,(H,25,30)(H,26,31). The Labute approximate surface area is 179 Å². The Kier molecular flexibility index (Phi) is 5.70. The van der Waals surface area contributed by atoms with E-state index >= 15 is 0 Å². The van der Waals surface area contributed by atoms with Gasteiger partial charge in [-0.25, -0.2) is 9.18 Å². The maximum Gasteiger partial charge on any atom is 0.322 e. The van der Waals surface area contributed by atoms with Crippen LogP contribution in [0.25, 0.3) is 0 Å². The zero-order chi connectivity index (χ0) is 22.0. The molecule has 4 rings (SSSR count). The zero-order valence-electron chi connectivity index (χ0n) is 17.5. The molecular formula is C23H24FN5O2. The van der Waals surface area contributed by atoms with Crippen LogP contribution in [-0.4, -0.2) is 33.2 Å². The summed E-state index contributed by atoms with van der Waals surface area (Å²) in [5.41, 5.74) is 4.87. The number of fused-ring (bicyclic) bond motifs is 1. The van der Waals surface area contributed by atoms with Crippen molar-refractivity contribution in [1.29, 1.82) is 0 Å². The highest BCUT2D eigenvalue weighted by Crippen LogP contribution is 2.24. The van der Waals surface area contributed by atoms with Crippen LogP contribution in [0.5, 0.6) is 0 Å². The quantitative estimate of drug-likeness (QED) is 0.661. The van der Waals surface area contributed by atoms with Gasteiger partial charge >= 0.3 is 6.03 Å². The minimum absolute atomic E-state index is 0.184. The Morgan fingerprint density at radius 3 is 2.48 bits per heavy atom. The van der Waals surface area contributed by atoms with Crippen LogP contribution in [0.1, 0.15) is 32.9 Å². The van der Waals surface area contributed by atoms with Gasteiger partial charge in [-0.2, -0.15) is 5.10 Å². The fraction of sp³-hybridized carbons (Fsp3) is 0.261. The smallest absolute Gasteiger partial charge is 0.322 e. The van der Waals surface area contributed by atoms with Crippen molar-refractivity contribution in [2.75, 3.05) is 11.9 Å². The molecule has 8 heteroatoms. The van der Waals surface area contributed by atoms with Crippen LogP contribution in [0, 0.1) is 19.7 Å². The summed E-state index contributed by atoms with van der Waals surface area (Å²) in [5, 5.41) is 10.1. The van der Waals surface area contributed by atoms with Crippen molar-refractivity contribution < 1.29 is 14.0 Å². The molecule has 0 radical (unpaired) electrons. The van der Waals surface area contributed by atoms with E-state index in [1.165, 1.54) is 12.1 Å². The van der Waals surface area contributed by atoms with Gasteiger partial charge in [-0.1, -0.05) is 6.07 Å². The van der Waals surface area contributed by atoms with E-state index in [1.54, 1.807) is 35.2 Å². The molecule has 3 amide bonds. The minimum Gasteiger partial charge on any atom is -0.350 e. The fourth-order valence-corrected chi connectivity index (χ4v) is 3.69. The van der Waals surface area contributed by atoms with Crippen LogP contribution in [-0.2, 0) is 19.6 Å². The van der Waals surface area contributed by atoms with Crippen molar-refractivity contribution in [3.05, 3.63) is 82.4 Å². The van der Waals surface area contributed by atoms with Gasteiger partial charge in [-0.15, -0.1) is 0 Å². The van der Waals surface area contributed by atoms with Crippen molar-refractivity contribution in [2.24, 2.45) is 0 Å². The molecule has 31 heavy (non-hydrogen) atoms. The zero-order valence-corrected chi connectivity index (χ0v) is 17.5. The first-order chi connectivity index (χ1) is 14.9. The van der Waals surface area contributed by atoms with Gasteiger partial charge < -0.3 is 15.5 Å². The highest BCUT2D eigenvalue weighted by molar-refractivity contribution is 5.95. The number of benzene rings is 2. The lowest BCUT2D eigenvalue weighted by Crippen LogP contribution is -2.30. The Hall–Kier alpha value is -3.68. The third kappa shape index (κ3) is 4.74. The van der Waals surface area contributed by atoms with Crippen molar-refractivity contribution >= 4 is 17.6 Å². The molecule has 0 fully saturated rings. The molecule has 0 atom stereocenters. The average molecular weight is 421 g/mol. The molecule has 2 heterocycles. The molecule has 7 nitrogen and oxygen atoms in total. The number of aromatic nitrogens is 2. The van der Waals surface area contributed by atoms with E-state index < -0.39 is 0 Å². The SMILES string of the molecule is Cc1cc(C)n(CCNC(=O)c2ccc(NC(=O)N3Cc4ccc(F)cc4C3)cc2)n1. The summed E-state index contributed by atoms with van der Waals surface area (Å²) in [6.45, 7) is 5.79. The number of carbonyl (C=O) groups is 2. The molecule has 0 spiro atoms. The predicted octanol–water partition coefficient (Wildman–Crippen LogP) is 3.62. The van der Waals surface area contributed by atoms with E-state index in [2.05, 4.69) is 15.7 Å². The topological polar surface area (TPSA) is 79.3 Å². The van der Waals surface area contributed by atoms with Gasteiger partial charge in [-0.3, -0.25) is 9.48 Å². The van der Waals surface area contributed by atoms with E-state index in [0.717, 1.165) is 22.5 Å². The van der Waals surface area contributed by atoms with Gasteiger partial charge in [0.2, 0.25) is 0 Å². The molecule has 160 valence electrons. The third-order valence-corrected chi connectivity index (χ3v) is 5.29. The molecule has 3 aromatic rings. The minimum atomic E-state index is -0.301. The molecule has 1 aliphatic heterocycles. The molecule has 0 aliphatic carbocycles. The summed E-state index contributed by atoms with van der Waals surface area (Å²) in [6, 6.07) is 13.0. The number of nitrogens with one attached hydrogen (secondary N) is 2. The van der Waals surface area contributed by atoms with E-state index in [0.29, 0.717) is 37.4 Å². The summed E-state index contributed by atoms with van der Waals surface area (Å²) in [6.07, 6.45) is 0. The van der Waals surface area contributed by atoms with Gasteiger partial charge in [0.05, 0.1) is 12.2 Å². The monoisotopic (exact) mass is 421 g/mol. The maximum atomic E-state index is 13.4. The Morgan fingerprint density at radius 2 is 1.77 bits per heavy atom. The van der Waals surface area contributed by atoms with Gasteiger partial charge in [-0.05, 0) is 67.4 Å². The molecular weight excluding hydrogens is 397 g/mol. The van der Waals surface area contributed by atoms with Crippen LogP contribution in [0.15, 0.2) is 48.5 Å². The van der Waals surface area contributed by atoms with E-state index in [-0.39, 0.29) is 17.8 Å². The Bertz CT molecular complexity index is 1120. The Morgan fingerprint density at radius 1 is 1.03 bits per heavy atom. The number of carbonyl (C=O) groups excluding carboxylic acids is 2. The lowest BCUT2D eigenvalue weighted by molar-refractivity contribution is 0.0952. The maximum absolute atomic E-state index is 13.4. The molecule has 2 N–H and O–H groups in total. The number of halogens is 1. The first-order valence-corrected chi connectivity index (χ1v) is 10.1. The molecule has 0 saturated heterocycles. The van der Waals surface area contributed by atoms with Crippen LogP contribution >= 0.6 is 0 Å². The number of hydrogen-bond acceptors (Lipinski definition) is 3. The molecule has 1 aromatic heterocycles. The summed E-state index contributed by atoms with van der Waals surface area (Å²) in [4.78, 5) is 26.5. The number of aryl methyl sites for hydroxylation is 2. The second kappa shape index (κ2) is 8.59. The number of nitrogens with zero attached hydrogens (tertiary/aromatic N) is 3. The lowest BCUT2D eigenvalue weighted by Gasteiger charge is -2.16. The van der Waals surface area contributed by atoms with Crippen LogP contribution < -0.4 is 10.6 Å².